The van der Waals surface area contributed by atoms with Crippen LogP contribution in [0.2, 0.25) is 10.0 Å². The zero-order valence-electron chi connectivity index (χ0n) is 21.9. The first-order valence-electron chi connectivity index (χ1n) is 12.4. The molecule has 11 heteroatoms. The minimum atomic E-state index is -0.797. The van der Waals surface area contributed by atoms with Gasteiger partial charge in [0.2, 0.25) is 0 Å². The van der Waals surface area contributed by atoms with Crippen molar-refractivity contribution in [1.29, 1.82) is 0 Å². The van der Waals surface area contributed by atoms with Crippen LogP contribution in [0, 0.1) is 0 Å². The maximum Gasteiger partial charge on any atom is 0.344 e. The van der Waals surface area contributed by atoms with Gasteiger partial charge in [-0.05, 0) is 83.4 Å². The summed E-state index contributed by atoms with van der Waals surface area (Å²) < 4.78 is 17.6. The van der Waals surface area contributed by atoms with Gasteiger partial charge in [0.15, 0.2) is 11.5 Å². The molecule has 41 heavy (non-hydrogen) atoms. The number of carbonyl (C=O) groups is 2. The Hall–Kier alpha value is -3.24. The minimum Gasteiger partial charge on any atom is -0.506 e. The lowest BCUT2D eigenvalue weighted by Crippen LogP contribution is -2.14. The van der Waals surface area contributed by atoms with Gasteiger partial charge in [-0.2, -0.15) is 0 Å². The van der Waals surface area contributed by atoms with E-state index in [1.165, 1.54) is 6.07 Å². The van der Waals surface area contributed by atoms with Crippen LogP contribution < -0.4 is 9.47 Å². The van der Waals surface area contributed by atoms with E-state index in [1.54, 1.807) is 55.5 Å². The van der Waals surface area contributed by atoms with Crippen LogP contribution in [-0.4, -0.2) is 35.2 Å². The zero-order valence-corrected chi connectivity index (χ0v) is 25.9. The molecule has 0 aliphatic carbocycles. The van der Waals surface area contributed by atoms with E-state index in [4.69, 9.17) is 37.4 Å². The van der Waals surface area contributed by atoms with Crippen molar-refractivity contribution in [2.24, 2.45) is 4.99 Å². The van der Waals surface area contributed by atoms with Crippen molar-refractivity contribution in [2.45, 2.75) is 20.5 Å². The van der Waals surface area contributed by atoms with Gasteiger partial charge in [-0.15, -0.1) is 0 Å². The minimum absolute atomic E-state index is 0.00383. The molecular weight excluding hydrogens is 653 g/mol. The van der Waals surface area contributed by atoms with Crippen LogP contribution in [0.5, 0.6) is 11.5 Å². The van der Waals surface area contributed by atoms with Crippen LogP contribution in [0.25, 0.3) is 6.08 Å². The van der Waals surface area contributed by atoms with Crippen LogP contribution in [0.3, 0.4) is 0 Å². The van der Waals surface area contributed by atoms with Crippen LogP contribution in [0.4, 0.5) is 0 Å². The Morgan fingerprint density at radius 3 is 2.44 bits per heavy atom. The number of aliphatic hydroxyl groups is 1. The summed E-state index contributed by atoms with van der Waals surface area (Å²) in [6, 6.07) is 17.3. The first kappa shape index (κ1) is 30.7. The highest BCUT2D eigenvalue weighted by Gasteiger charge is 2.34. The van der Waals surface area contributed by atoms with Crippen LogP contribution in [-0.2, 0) is 16.1 Å². The Kier molecular flexibility index (Phi) is 10.6. The fourth-order valence-corrected chi connectivity index (χ4v) is 5.67. The number of amides is 1. The number of aliphatic imine (C=N–C) groups is 1. The topological polar surface area (TPSA) is 94.4 Å². The molecule has 3 aromatic carbocycles. The van der Waals surface area contributed by atoms with E-state index in [-0.39, 0.29) is 40.2 Å². The number of thioether (sulfide) groups is 1. The highest BCUT2D eigenvalue weighted by Crippen LogP contribution is 2.42. The largest absolute Gasteiger partial charge is 0.506 e. The number of aliphatic hydroxyl groups excluding tert-OH is 1. The summed E-state index contributed by atoms with van der Waals surface area (Å²) in [5, 5.41) is 11.9. The second kappa shape index (κ2) is 14.1. The van der Waals surface area contributed by atoms with E-state index in [0.717, 1.165) is 17.3 Å². The maximum absolute atomic E-state index is 12.9. The number of hydrogen-bond donors (Lipinski definition) is 1. The molecule has 1 aliphatic heterocycles. The van der Waals surface area contributed by atoms with Crippen LogP contribution >= 0.6 is 50.9 Å². The summed E-state index contributed by atoms with van der Waals surface area (Å²) in [5.41, 5.74) is 1.53. The predicted octanol–water partition coefficient (Wildman–Crippen LogP) is 8.44. The molecule has 1 heterocycles. The van der Waals surface area contributed by atoms with Crippen molar-refractivity contribution in [1.82, 2.24) is 0 Å². The molecule has 1 N–H and O–H groups in total. The molecule has 7 nitrogen and oxygen atoms in total. The Morgan fingerprint density at radius 2 is 1.76 bits per heavy atom. The summed E-state index contributed by atoms with van der Waals surface area (Å²) in [6.45, 7) is 4.25. The maximum atomic E-state index is 12.9. The van der Waals surface area contributed by atoms with E-state index in [9.17, 15) is 14.7 Å². The fourth-order valence-electron chi connectivity index (χ4n) is 3.74. The summed E-state index contributed by atoms with van der Waals surface area (Å²) in [6.07, 6.45) is 1.65. The smallest absolute Gasteiger partial charge is 0.344 e. The molecule has 0 saturated heterocycles. The highest BCUT2D eigenvalue weighted by atomic mass is 79.9. The quantitative estimate of drug-likeness (QED) is 0.227. The lowest BCUT2D eigenvalue weighted by Gasteiger charge is -2.15. The van der Waals surface area contributed by atoms with E-state index < -0.39 is 11.9 Å². The molecule has 0 atom stereocenters. The van der Waals surface area contributed by atoms with Crippen molar-refractivity contribution >= 4 is 73.9 Å². The molecule has 0 spiro atoms. The standard InChI is InChI=1S/C30H24BrCl2NO6S/c1-3-38-23-14-18(13-21(31)27(23)40-16-17-9-11-19(32)12-10-17)15-24-26(35)25(30(37)39-4-2)29(41-24)34-28(36)20-7-5-6-8-22(20)33/h5-15,35H,3-4,16H2,1-2H3/b24-15-,34-29?. The van der Waals surface area contributed by atoms with Gasteiger partial charge in [0.25, 0.3) is 5.91 Å². The van der Waals surface area contributed by atoms with Gasteiger partial charge in [-0.1, -0.05) is 59.2 Å². The normalized spacial score (nSPS) is 15.0. The van der Waals surface area contributed by atoms with E-state index in [2.05, 4.69) is 20.9 Å². The van der Waals surface area contributed by atoms with Crippen molar-refractivity contribution in [3.05, 3.63) is 108 Å². The number of halogens is 3. The summed E-state index contributed by atoms with van der Waals surface area (Å²) in [5.74, 6) is -0.826. The molecule has 4 rings (SSSR count). The number of esters is 1. The number of carbonyl (C=O) groups excluding carboxylic acids is 2. The zero-order chi connectivity index (χ0) is 29.5. The molecule has 212 valence electrons. The average molecular weight is 677 g/mol. The van der Waals surface area contributed by atoms with E-state index >= 15 is 0 Å². The molecular formula is C30H24BrCl2NO6S. The third-order valence-corrected chi connectivity index (χ3v) is 7.79. The van der Waals surface area contributed by atoms with Gasteiger partial charge >= 0.3 is 5.97 Å². The fraction of sp³-hybridized carbons (Fsp3) is 0.167. The SMILES string of the molecule is CCOC(=O)C1=C(O)/C(=C/c2cc(Br)c(OCc3ccc(Cl)cc3)c(OCC)c2)SC1=NC(=O)c1ccccc1Cl. The third-order valence-electron chi connectivity index (χ3n) is 5.60. The van der Waals surface area contributed by atoms with Crippen molar-refractivity contribution < 1.29 is 28.9 Å². The van der Waals surface area contributed by atoms with Crippen molar-refractivity contribution in [3.8, 4) is 11.5 Å². The molecule has 1 aliphatic rings. The number of ether oxygens (including phenoxy) is 3. The number of benzene rings is 3. The summed E-state index contributed by atoms with van der Waals surface area (Å²) in [4.78, 5) is 30.0. The predicted molar refractivity (Wildman–Crippen MR) is 166 cm³/mol. The van der Waals surface area contributed by atoms with Gasteiger partial charge in [-0.3, -0.25) is 4.79 Å². The molecule has 0 aromatic heterocycles. The third kappa shape index (κ3) is 7.54. The second-order valence-electron chi connectivity index (χ2n) is 8.43. The van der Waals surface area contributed by atoms with Crippen molar-refractivity contribution in [2.75, 3.05) is 13.2 Å². The number of hydrogen-bond acceptors (Lipinski definition) is 7. The molecule has 0 fully saturated rings. The number of nitrogens with zero attached hydrogens (tertiary/aromatic N) is 1. The van der Waals surface area contributed by atoms with Gasteiger partial charge in [0, 0.05) is 5.02 Å². The molecule has 1 amide bonds. The van der Waals surface area contributed by atoms with Crippen molar-refractivity contribution in [3.63, 3.8) is 0 Å². The highest BCUT2D eigenvalue weighted by molar-refractivity contribution is 9.10. The molecule has 3 aromatic rings. The molecule has 0 bridgehead atoms. The molecule has 0 radical (unpaired) electrons. The van der Waals surface area contributed by atoms with Crippen LogP contribution in [0.15, 0.2) is 86.4 Å². The first-order valence-corrected chi connectivity index (χ1v) is 14.8. The van der Waals surface area contributed by atoms with Gasteiger partial charge in [0.05, 0.1) is 33.2 Å². The Bertz CT molecular complexity index is 1570. The lowest BCUT2D eigenvalue weighted by atomic mass is 10.1. The molecule has 0 saturated carbocycles. The van der Waals surface area contributed by atoms with Gasteiger partial charge < -0.3 is 19.3 Å². The Morgan fingerprint density at radius 1 is 1.02 bits per heavy atom. The van der Waals surface area contributed by atoms with Gasteiger partial charge in [-0.25, -0.2) is 9.79 Å². The van der Waals surface area contributed by atoms with Gasteiger partial charge in [0.1, 0.15) is 23.0 Å². The number of rotatable bonds is 9. The van der Waals surface area contributed by atoms with E-state index in [0.29, 0.717) is 38.1 Å². The average Bonchev–Trinajstić information content (AvgIpc) is 3.23. The Balaban J connectivity index is 1.68. The first-order chi connectivity index (χ1) is 19.7. The summed E-state index contributed by atoms with van der Waals surface area (Å²) in [7, 11) is 0. The summed E-state index contributed by atoms with van der Waals surface area (Å²) >= 11 is 16.7. The van der Waals surface area contributed by atoms with Crippen LogP contribution in [0.1, 0.15) is 35.3 Å². The second-order valence-corrected chi connectivity index (χ2v) is 11.2. The Labute approximate surface area is 259 Å². The lowest BCUT2D eigenvalue weighted by molar-refractivity contribution is -0.138. The van der Waals surface area contributed by atoms with E-state index in [1.807, 2.05) is 19.1 Å². The monoisotopic (exact) mass is 675 g/mol. The molecule has 0 unspecified atom stereocenters.